The third kappa shape index (κ3) is 3.33. The third-order valence-corrected chi connectivity index (χ3v) is 3.05. The molecule has 6 heteroatoms. The van der Waals surface area contributed by atoms with Crippen LogP contribution in [-0.4, -0.2) is 23.9 Å². The van der Waals surface area contributed by atoms with Crippen LogP contribution in [0.5, 0.6) is 11.5 Å². The normalized spacial score (nSPS) is 10.1. The summed E-state index contributed by atoms with van der Waals surface area (Å²) in [6, 6.07) is 7.49. The van der Waals surface area contributed by atoms with Crippen molar-refractivity contribution in [3.05, 3.63) is 29.3 Å². The van der Waals surface area contributed by atoms with E-state index in [0.29, 0.717) is 6.61 Å². The quantitative estimate of drug-likeness (QED) is 0.870. The van der Waals surface area contributed by atoms with Crippen LogP contribution >= 0.6 is 11.3 Å². The van der Waals surface area contributed by atoms with Crippen molar-refractivity contribution < 1.29 is 9.47 Å². The molecular weight excluding hydrogens is 250 g/mol. The lowest BCUT2D eigenvalue weighted by Gasteiger charge is -2.05. The van der Waals surface area contributed by atoms with Gasteiger partial charge in [0.25, 0.3) is 0 Å². The van der Waals surface area contributed by atoms with E-state index in [1.165, 1.54) is 11.3 Å². The van der Waals surface area contributed by atoms with E-state index in [2.05, 4.69) is 15.5 Å². The Morgan fingerprint density at radius 1 is 1.28 bits per heavy atom. The highest BCUT2D eigenvalue weighted by atomic mass is 32.1. The summed E-state index contributed by atoms with van der Waals surface area (Å²) in [4.78, 5) is 0. The molecule has 18 heavy (non-hydrogen) atoms. The van der Waals surface area contributed by atoms with Gasteiger partial charge in [-0.2, -0.15) is 0 Å². The van der Waals surface area contributed by atoms with E-state index in [4.69, 9.17) is 9.47 Å². The highest BCUT2D eigenvalue weighted by Crippen LogP contribution is 2.21. The van der Waals surface area contributed by atoms with Gasteiger partial charge in [-0.1, -0.05) is 17.4 Å². The summed E-state index contributed by atoms with van der Waals surface area (Å²) in [5.74, 6) is 1.53. The van der Waals surface area contributed by atoms with E-state index in [-0.39, 0.29) is 0 Å². The zero-order chi connectivity index (χ0) is 12.8. The zero-order valence-corrected chi connectivity index (χ0v) is 11.2. The average molecular weight is 265 g/mol. The van der Waals surface area contributed by atoms with Crippen LogP contribution in [0.25, 0.3) is 0 Å². The maximum Gasteiger partial charge on any atom is 0.205 e. The van der Waals surface area contributed by atoms with Gasteiger partial charge in [-0.25, -0.2) is 0 Å². The lowest BCUT2D eigenvalue weighted by molar-refractivity contribution is 0.302. The molecule has 0 atom stereocenters. The first-order valence-corrected chi connectivity index (χ1v) is 6.46. The summed E-state index contributed by atoms with van der Waals surface area (Å²) in [7, 11) is 1.63. The number of ether oxygens (including phenoxy) is 2. The second-order valence-electron chi connectivity index (χ2n) is 3.50. The molecule has 5 nitrogen and oxygen atoms in total. The van der Waals surface area contributed by atoms with Crippen molar-refractivity contribution in [3.63, 3.8) is 0 Å². The second kappa shape index (κ2) is 6.20. The molecule has 1 heterocycles. The van der Waals surface area contributed by atoms with Crippen molar-refractivity contribution in [1.29, 1.82) is 0 Å². The Bertz CT molecular complexity index is 502. The minimum atomic E-state index is 0.413. The molecule has 1 aromatic heterocycles. The maximum atomic E-state index is 5.63. The summed E-state index contributed by atoms with van der Waals surface area (Å²) >= 11 is 1.50. The van der Waals surface area contributed by atoms with Gasteiger partial charge in [-0.3, -0.25) is 0 Å². The number of anilines is 1. The molecule has 0 saturated heterocycles. The number of hydrogen-bond acceptors (Lipinski definition) is 6. The predicted octanol–water partition coefficient (Wildman–Crippen LogP) is 2.56. The zero-order valence-electron chi connectivity index (χ0n) is 10.3. The molecule has 0 aliphatic rings. The van der Waals surface area contributed by atoms with Gasteiger partial charge in [0.1, 0.15) is 18.1 Å². The molecular formula is C12H15N3O2S. The molecule has 0 aliphatic carbocycles. The van der Waals surface area contributed by atoms with E-state index < -0.39 is 0 Å². The van der Waals surface area contributed by atoms with Crippen LogP contribution in [-0.2, 0) is 6.61 Å². The van der Waals surface area contributed by atoms with Crippen LogP contribution in [0.15, 0.2) is 24.3 Å². The van der Waals surface area contributed by atoms with Crippen molar-refractivity contribution in [2.24, 2.45) is 0 Å². The molecule has 0 radical (unpaired) electrons. The molecule has 0 amide bonds. The van der Waals surface area contributed by atoms with E-state index in [1.54, 1.807) is 7.11 Å². The molecule has 1 N–H and O–H groups in total. The van der Waals surface area contributed by atoms with Crippen LogP contribution in [0, 0.1) is 0 Å². The first kappa shape index (κ1) is 12.6. The van der Waals surface area contributed by atoms with Crippen molar-refractivity contribution in [2.75, 3.05) is 19.0 Å². The van der Waals surface area contributed by atoms with Gasteiger partial charge in [-0.15, -0.1) is 10.2 Å². The van der Waals surface area contributed by atoms with Gasteiger partial charge in [0.15, 0.2) is 5.01 Å². The summed E-state index contributed by atoms with van der Waals surface area (Å²) in [6.07, 6.45) is 0. The molecule has 0 saturated carbocycles. The highest BCUT2D eigenvalue weighted by molar-refractivity contribution is 7.15. The Morgan fingerprint density at radius 2 is 2.11 bits per heavy atom. The Morgan fingerprint density at radius 3 is 2.89 bits per heavy atom. The van der Waals surface area contributed by atoms with E-state index in [1.807, 2.05) is 31.2 Å². The number of nitrogens with zero attached hydrogens (tertiary/aromatic N) is 2. The number of methoxy groups -OCH3 is 1. The SMILES string of the molecule is CCNc1nnc(COc2cccc(OC)c2)s1. The first-order valence-electron chi connectivity index (χ1n) is 5.65. The van der Waals surface area contributed by atoms with E-state index in [9.17, 15) is 0 Å². The molecule has 96 valence electrons. The fourth-order valence-electron chi connectivity index (χ4n) is 1.37. The Labute approximate surface area is 110 Å². The van der Waals surface area contributed by atoms with Gasteiger partial charge >= 0.3 is 0 Å². The lowest BCUT2D eigenvalue weighted by Crippen LogP contribution is -1.95. The number of aromatic nitrogens is 2. The highest BCUT2D eigenvalue weighted by Gasteiger charge is 2.04. The first-order chi connectivity index (χ1) is 8.81. The number of rotatable bonds is 6. The molecule has 0 unspecified atom stereocenters. The van der Waals surface area contributed by atoms with Gasteiger partial charge in [0.05, 0.1) is 7.11 Å². The summed E-state index contributed by atoms with van der Waals surface area (Å²) in [5.41, 5.74) is 0. The minimum Gasteiger partial charge on any atom is -0.497 e. The maximum absolute atomic E-state index is 5.63. The van der Waals surface area contributed by atoms with Crippen molar-refractivity contribution >= 4 is 16.5 Å². The van der Waals surface area contributed by atoms with Crippen molar-refractivity contribution in [2.45, 2.75) is 13.5 Å². The fraction of sp³-hybridized carbons (Fsp3) is 0.333. The van der Waals surface area contributed by atoms with Gasteiger partial charge < -0.3 is 14.8 Å². The molecule has 2 aromatic rings. The molecule has 0 bridgehead atoms. The van der Waals surface area contributed by atoms with Crippen LogP contribution in [0.1, 0.15) is 11.9 Å². The van der Waals surface area contributed by atoms with Gasteiger partial charge in [0.2, 0.25) is 5.13 Å². The molecule has 0 spiro atoms. The number of benzene rings is 1. The Hall–Kier alpha value is -1.82. The Balaban J connectivity index is 1.93. The van der Waals surface area contributed by atoms with Crippen LogP contribution < -0.4 is 14.8 Å². The largest absolute Gasteiger partial charge is 0.497 e. The minimum absolute atomic E-state index is 0.413. The molecule has 1 aromatic carbocycles. The van der Waals surface area contributed by atoms with E-state index in [0.717, 1.165) is 28.2 Å². The summed E-state index contributed by atoms with van der Waals surface area (Å²) in [6.45, 7) is 3.27. The van der Waals surface area contributed by atoms with Gasteiger partial charge in [0, 0.05) is 12.6 Å². The molecule has 0 aliphatic heterocycles. The second-order valence-corrected chi connectivity index (χ2v) is 4.56. The monoisotopic (exact) mass is 265 g/mol. The van der Waals surface area contributed by atoms with Crippen LogP contribution in [0.4, 0.5) is 5.13 Å². The Kier molecular flexibility index (Phi) is 4.35. The number of nitrogens with one attached hydrogen (secondary N) is 1. The summed E-state index contributed by atoms with van der Waals surface area (Å²) < 4.78 is 10.8. The number of hydrogen-bond donors (Lipinski definition) is 1. The topological polar surface area (TPSA) is 56.3 Å². The molecule has 2 rings (SSSR count). The summed E-state index contributed by atoms with van der Waals surface area (Å²) in [5, 5.41) is 12.8. The average Bonchev–Trinajstić information content (AvgIpc) is 2.85. The molecule has 0 fully saturated rings. The van der Waals surface area contributed by atoms with Crippen LogP contribution in [0.3, 0.4) is 0 Å². The fourth-order valence-corrected chi connectivity index (χ4v) is 2.09. The standard InChI is InChI=1S/C12H15N3O2S/c1-3-13-12-15-14-11(18-12)8-17-10-6-4-5-9(7-10)16-2/h4-7H,3,8H2,1-2H3,(H,13,15). The van der Waals surface area contributed by atoms with Crippen molar-refractivity contribution in [3.8, 4) is 11.5 Å². The van der Waals surface area contributed by atoms with Crippen molar-refractivity contribution in [1.82, 2.24) is 10.2 Å². The smallest absolute Gasteiger partial charge is 0.205 e. The van der Waals surface area contributed by atoms with E-state index >= 15 is 0 Å². The van der Waals surface area contributed by atoms with Crippen LogP contribution in [0.2, 0.25) is 0 Å². The predicted molar refractivity (Wildman–Crippen MR) is 71.4 cm³/mol. The third-order valence-electron chi connectivity index (χ3n) is 2.20. The van der Waals surface area contributed by atoms with Gasteiger partial charge in [-0.05, 0) is 19.1 Å². The lowest BCUT2D eigenvalue weighted by atomic mass is 10.3.